The number of para-hydroxylation sites is 1. The molecule has 0 fully saturated rings. The molecule has 0 aliphatic rings. The van der Waals surface area contributed by atoms with Crippen LogP contribution in [0.2, 0.25) is 0 Å². The second-order valence-electron chi connectivity index (χ2n) is 5.66. The summed E-state index contributed by atoms with van der Waals surface area (Å²) in [4.78, 5) is 0. The Kier molecular flexibility index (Phi) is 4.58. The maximum Gasteiger partial charge on any atom is 0.126 e. The van der Waals surface area contributed by atoms with Gasteiger partial charge in [0, 0.05) is 0 Å². The Morgan fingerprint density at radius 2 is 1.94 bits per heavy atom. The van der Waals surface area contributed by atoms with Gasteiger partial charge in [0.25, 0.3) is 0 Å². The molecule has 2 nitrogen and oxygen atoms in total. The smallest absolute Gasteiger partial charge is 0.126 e. The normalized spacial score (nSPS) is 13.5. The highest BCUT2D eigenvalue weighted by Gasteiger charge is 2.22. The molecule has 2 heteroatoms. The van der Waals surface area contributed by atoms with Gasteiger partial charge in [-0.2, -0.15) is 0 Å². The van der Waals surface area contributed by atoms with Crippen LogP contribution >= 0.6 is 0 Å². The summed E-state index contributed by atoms with van der Waals surface area (Å²) in [5.41, 5.74) is 8.28. The van der Waals surface area contributed by atoms with E-state index in [4.69, 9.17) is 10.5 Å². The van der Waals surface area contributed by atoms with Crippen LogP contribution in [0.1, 0.15) is 51.2 Å². The van der Waals surface area contributed by atoms with Crippen LogP contribution in [0.3, 0.4) is 0 Å². The fraction of sp³-hybridized carbons (Fsp3) is 0.600. The lowest BCUT2D eigenvalue weighted by atomic mass is 9.83. The summed E-state index contributed by atoms with van der Waals surface area (Å²) in [7, 11) is 1.75. The molecule has 2 N–H and O–H groups in total. The molecule has 0 amide bonds. The van der Waals surface area contributed by atoms with Crippen molar-refractivity contribution in [2.45, 2.75) is 45.4 Å². The van der Waals surface area contributed by atoms with Gasteiger partial charge in [-0.1, -0.05) is 45.9 Å². The van der Waals surface area contributed by atoms with Crippen LogP contribution in [-0.2, 0) is 5.41 Å². The van der Waals surface area contributed by atoms with Gasteiger partial charge >= 0.3 is 0 Å². The van der Waals surface area contributed by atoms with Gasteiger partial charge in [-0.3, -0.25) is 0 Å². The molecule has 1 rings (SSSR count). The van der Waals surface area contributed by atoms with Crippen molar-refractivity contribution in [3.8, 4) is 5.75 Å². The van der Waals surface area contributed by atoms with Crippen molar-refractivity contribution in [2.75, 3.05) is 13.7 Å². The zero-order chi connectivity index (χ0) is 13.1. The van der Waals surface area contributed by atoms with Gasteiger partial charge in [-0.25, -0.2) is 0 Å². The van der Waals surface area contributed by atoms with E-state index in [-0.39, 0.29) is 5.41 Å². The summed E-state index contributed by atoms with van der Waals surface area (Å²) >= 11 is 0. The Labute approximate surface area is 105 Å². The molecule has 0 aromatic heterocycles. The summed E-state index contributed by atoms with van der Waals surface area (Å²) in [6.45, 7) is 9.55. The lowest BCUT2D eigenvalue weighted by molar-refractivity contribution is 0.388. The van der Waals surface area contributed by atoms with Gasteiger partial charge < -0.3 is 10.5 Å². The summed E-state index contributed by atoms with van der Waals surface area (Å²) in [6, 6.07) is 6.41. The van der Waals surface area contributed by atoms with Crippen molar-refractivity contribution in [3.05, 3.63) is 29.3 Å². The van der Waals surface area contributed by atoms with Crippen molar-refractivity contribution in [3.63, 3.8) is 0 Å². The molecular weight excluding hydrogens is 210 g/mol. The van der Waals surface area contributed by atoms with E-state index < -0.39 is 0 Å². The van der Waals surface area contributed by atoms with E-state index in [1.807, 2.05) is 0 Å². The van der Waals surface area contributed by atoms with Crippen LogP contribution in [-0.4, -0.2) is 13.7 Å². The maximum absolute atomic E-state index is 5.64. The van der Waals surface area contributed by atoms with Gasteiger partial charge in [0.05, 0.1) is 7.11 Å². The summed E-state index contributed by atoms with van der Waals surface area (Å²) in [5.74, 6) is 1.47. The molecule has 0 spiro atoms. The van der Waals surface area contributed by atoms with Crippen molar-refractivity contribution in [2.24, 2.45) is 5.73 Å². The first kappa shape index (κ1) is 14.0. The minimum absolute atomic E-state index is 0.101. The number of benzene rings is 1. The minimum Gasteiger partial charge on any atom is -0.496 e. The van der Waals surface area contributed by atoms with E-state index in [0.717, 1.165) is 12.2 Å². The Hall–Kier alpha value is -1.02. The standard InChI is InChI=1S/C15H25NO/c1-11(9-10-16)12-7-6-8-13(14(12)17-5)15(2,3)4/h6-8,11H,9-10,16H2,1-5H3. The monoisotopic (exact) mass is 235 g/mol. The van der Waals surface area contributed by atoms with E-state index in [0.29, 0.717) is 12.5 Å². The Morgan fingerprint density at radius 1 is 1.29 bits per heavy atom. The number of methoxy groups -OCH3 is 1. The van der Waals surface area contributed by atoms with Crippen LogP contribution < -0.4 is 10.5 Å². The third kappa shape index (κ3) is 3.22. The maximum atomic E-state index is 5.64. The Morgan fingerprint density at radius 3 is 2.41 bits per heavy atom. The molecule has 0 radical (unpaired) electrons. The molecule has 1 aromatic carbocycles. The molecular formula is C15H25NO. The third-order valence-corrected chi connectivity index (χ3v) is 3.19. The molecule has 0 aliphatic carbocycles. The van der Waals surface area contributed by atoms with E-state index in [2.05, 4.69) is 45.9 Å². The van der Waals surface area contributed by atoms with Gasteiger partial charge in [0.1, 0.15) is 5.75 Å². The fourth-order valence-electron chi connectivity index (χ4n) is 2.17. The number of nitrogens with two attached hydrogens (primary N) is 1. The molecule has 0 aliphatic heterocycles. The van der Waals surface area contributed by atoms with Crippen molar-refractivity contribution < 1.29 is 4.74 Å². The average molecular weight is 235 g/mol. The first-order valence-electron chi connectivity index (χ1n) is 6.29. The van der Waals surface area contributed by atoms with E-state index in [9.17, 15) is 0 Å². The van der Waals surface area contributed by atoms with Crippen molar-refractivity contribution in [1.29, 1.82) is 0 Å². The summed E-state index contributed by atoms with van der Waals surface area (Å²) in [6.07, 6.45) is 0.990. The van der Waals surface area contributed by atoms with Crippen molar-refractivity contribution >= 4 is 0 Å². The lowest BCUT2D eigenvalue weighted by Crippen LogP contribution is -2.15. The molecule has 0 bridgehead atoms. The van der Waals surface area contributed by atoms with Crippen LogP contribution in [0.5, 0.6) is 5.75 Å². The molecule has 0 saturated carbocycles. The van der Waals surface area contributed by atoms with Gasteiger partial charge in [-0.05, 0) is 35.4 Å². The Bertz CT molecular complexity index is 366. The minimum atomic E-state index is 0.101. The van der Waals surface area contributed by atoms with E-state index >= 15 is 0 Å². The highest BCUT2D eigenvalue weighted by Crippen LogP contribution is 2.37. The average Bonchev–Trinajstić information content (AvgIpc) is 2.27. The Balaban J connectivity index is 3.23. The largest absolute Gasteiger partial charge is 0.496 e. The van der Waals surface area contributed by atoms with E-state index in [1.165, 1.54) is 11.1 Å². The van der Waals surface area contributed by atoms with Crippen LogP contribution in [0.25, 0.3) is 0 Å². The number of rotatable bonds is 4. The van der Waals surface area contributed by atoms with Gasteiger partial charge in [0.15, 0.2) is 0 Å². The highest BCUT2D eigenvalue weighted by atomic mass is 16.5. The summed E-state index contributed by atoms with van der Waals surface area (Å²) < 4.78 is 5.63. The number of hydrogen-bond donors (Lipinski definition) is 1. The quantitative estimate of drug-likeness (QED) is 0.867. The molecule has 0 saturated heterocycles. The molecule has 1 unspecified atom stereocenters. The third-order valence-electron chi connectivity index (χ3n) is 3.19. The predicted molar refractivity (Wildman–Crippen MR) is 73.8 cm³/mol. The van der Waals surface area contributed by atoms with Crippen LogP contribution in [0, 0.1) is 0 Å². The first-order valence-corrected chi connectivity index (χ1v) is 6.29. The molecule has 96 valence electrons. The SMILES string of the molecule is COc1c(C(C)CCN)cccc1C(C)(C)C. The second kappa shape index (κ2) is 5.54. The highest BCUT2D eigenvalue weighted by molar-refractivity contribution is 5.46. The predicted octanol–water partition coefficient (Wildman–Crippen LogP) is 3.45. The number of ether oxygens (including phenoxy) is 1. The van der Waals surface area contributed by atoms with Crippen LogP contribution in [0.15, 0.2) is 18.2 Å². The second-order valence-corrected chi connectivity index (χ2v) is 5.66. The zero-order valence-corrected chi connectivity index (χ0v) is 11.7. The first-order chi connectivity index (χ1) is 7.91. The molecule has 17 heavy (non-hydrogen) atoms. The molecule has 1 aromatic rings. The van der Waals surface area contributed by atoms with Crippen molar-refractivity contribution in [1.82, 2.24) is 0 Å². The van der Waals surface area contributed by atoms with Gasteiger partial charge in [0.2, 0.25) is 0 Å². The topological polar surface area (TPSA) is 35.2 Å². The lowest BCUT2D eigenvalue weighted by Gasteiger charge is -2.25. The fourth-order valence-corrected chi connectivity index (χ4v) is 2.17. The zero-order valence-electron chi connectivity index (χ0n) is 11.7. The van der Waals surface area contributed by atoms with Crippen LogP contribution in [0.4, 0.5) is 0 Å². The molecule has 1 atom stereocenters. The number of hydrogen-bond acceptors (Lipinski definition) is 2. The van der Waals surface area contributed by atoms with E-state index in [1.54, 1.807) is 7.11 Å². The summed E-state index contributed by atoms with van der Waals surface area (Å²) in [5, 5.41) is 0. The van der Waals surface area contributed by atoms with Gasteiger partial charge in [-0.15, -0.1) is 0 Å². The molecule has 0 heterocycles.